The number of nitrogens with one attached hydrogen (secondary N) is 3. The van der Waals surface area contributed by atoms with Crippen molar-refractivity contribution in [3.63, 3.8) is 0 Å². The maximum atomic E-state index is 12.4. The van der Waals surface area contributed by atoms with Crippen molar-refractivity contribution < 1.29 is 27.3 Å². The summed E-state index contributed by atoms with van der Waals surface area (Å²) < 4.78 is 31.9. The molecule has 3 rings (SSSR count). The molecule has 0 atom stereocenters. The van der Waals surface area contributed by atoms with Gasteiger partial charge < -0.3 is 15.1 Å². The zero-order valence-corrected chi connectivity index (χ0v) is 18.3. The van der Waals surface area contributed by atoms with Gasteiger partial charge in [-0.25, -0.2) is 13.1 Å². The smallest absolute Gasteiger partial charge is 0.291 e. The summed E-state index contributed by atoms with van der Waals surface area (Å²) in [5, 5.41) is 16.5. The summed E-state index contributed by atoms with van der Waals surface area (Å²) in [5.74, 6) is -0.739. The Balaban J connectivity index is 1.54. The highest BCUT2D eigenvalue weighted by atomic mass is 32.2. The fourth-order valence-corrected chi connectivity index (χ4v) is 4.69. The number of aryl methyl sites for hydroxylation is 1. The molecule has 168 valence electrons. The van der Waals surface area contributed by atoms with Crippen LogP contribution in [0.15, 0.2) is 58.0 Å². The summed E-state index contributed by atoms with van der Waals surface area (Å²) >= 11 is 1.07. The number of nitro benzene ring substituents is 1. The molecule has 0 radical (unpaired) electrons. The maximum absolute atomic E-state index is 12.4. The third-order valence-corrected chi connectivity index (χ3v) is 6.76. The van der Waals surface area contributed by atoms with Gasteiger partial charge in [-0.15, -0.1) is 11.3 Å². The number of sulfonamides is 1. The van der Waals surface area contributed by atoms with Gasteiger partial charge in [0, 0.05) is 25.2 Å². The fourth-order valence-electron chi connectivity index (χ4n) is 2.64. The second kappa shape index (κ2) is 9.72. The van der Waals surface area contributed by atoms with E-state index < -0.39 is 26.8 Å². The quantitative estimate of drug-likeness (QED) is 0.242. The van der Waals surface area contributed by atoms with Gasteiger partial charge in [0.05, 0.1) is 26.0 Å². The molecule has 0 saturated carbocycles. The highest BCUT2D eigenvalue weighted by Crippen LogP contribution is 2.27. The first-order chi connectivity index (χ1) is 15.2. The van der Waals surface area contributed by atoms with Crippen LogP contribution in [0.4, 0.5) is 10.7 Å². The first-order valence-electron chi connectivity index (χ1n) is 9.15. The summed E-state index contributed by atoms with van der Waals surface area (Å²) in [6.07, 6.45) is 1.38. The van der Waals surface area contributed by atoms with E-state index in [4.69, 9.17) is 4.42 Å². The molecule has 0 spiro atoms. The van der Waals surface area contributed by atoms with Crippen molar-refractivity contribution in [3.05, 3.63) is 75.0 Å². The number of furan rings is 1. The van der Waals surface area contributed by atoms with Crippen LogP contribution in [0.25, 0.3) is 0 Å². The van der Waals surface area contributed by atoms with Gasteiger partial charge in [0.25, 0.3) is 17.5 Å². The number of thiophene rings is 1. The van der Waals surface area contributed by atoms with Gasteiger partial charge in [0.2, 0.25) is 10.0 Å². The number of amides is 2. The van der Waals surface area contributed by atoms with Crippen LogP contribution < -0.4 is 15.4 Å². The Morgan fingerprint density at radius 3 is 2.59 bits per heavy atom. The Morgan fingerprint density at radius 2 is 1.91 bits per heavy atom. The van der Waals surface area contributed by atoms with Gasteiger partial charge in [0.15, 0.2) is 5.76 Å². The van der Waals surface area contributed by atoms with Crippen LogP contribution in [0, 0.1) is 17.0 Å². The fraction of sp³-hybridized carbons (Fsp3) is 0.158. The number of carbonyl (C=O) groups is 2. The Kier molecular flexibility index (Phi) is 7.02. The molecule has 0 unspecified atom stereocenters. The summed E-state index contributed by atoms with van der Waals surface area (Å²) in [7, 11) is -3.98. The number of nitrogens with zero attached hydrogens (tertiary/aromatic N) is 1. The molecule has 0 aliphatic carbocycles. The highest BCUT2D eigenvalue weighted by molar-refractivity contribution is 7.89. The zero-order chi connectivity index (χ0) is 23.3. The number of benzene rings is 1. The van der Waals surface area contributed by atoms with E-state index in [-0.39, 0.29) is 29.4 Å². The molecule has 2 heterocycles. The molecule has 2 aromatic heterocycles. The van der Waals surface area contributed by atoms with Gasteiger partial charge in [-0.2, -0.15) is 0 Å². The summed E-state index contributed by atoms with van der Waals surface area (Å²) in [6.45, 7) is 1.57. The van der Waals surface area contributed by atoms with Gasteiger partial charge in [0.1, 0.15) is 0 Å². The van der Waals surface area contributed by atoms with Gasteiger partial charge in [-0.05, 0) is 36.8 Å². The summed E-state index contributed by atoms with van der Waals surface area (Å²) in [6, 6.07) is 9.39. The molecule has 0 fully saturated rings. The van der Waals surface area contributed by atoms with Crippen molar-refractivity contribution >= 4 is 43.9 Å². The molecule has 3 N–H and O–H groups in total. The second-order valence-electron chi connectivity index (χ2n) is 6.46. The third kappa shape index (κ3) is 5.57. The Morgan fingerprint density at radius 1 is 1.12 bits per heavy atom. The van der Waals surface area contributed by atoms with Crippen LogP contribution in [0.1, 0.15) is 25.8 Å². The number of carbonyl (C=O) groups excluding carboxylic acids is 2. The predicted octanol–water partition coefficient (Wildman–Crippen LogP) is 2.52. The number of anilines is 1. The largest absolute Gasteiger partial charge is 0.459 e. The number of non-ortho nitro benzene ring substituents is 1. The predicted molar refractivity (Wildman–Crippen MR) is 116 cm³/mol. The number of hydrogen-bond donors (Lipinski definition) is 3. The second-order valence-corrected chi connectivity index (χ2v) is 9.28. The molecule has 0 aliphatic rings. The standard InChI is InChI=1S/C19H18N4O7S2/c1-12-10-16(22-18(24)15-6-3-9-30-15)31-17(12)19(25)20-7-8-21-32(28,29)14-5-2-4-13(11-14)23(26)27/h2-6,9-11,21H,7-8H2,1H3,(H,20,25)(H,22,24). The van der Waals surface area contributed by atoms with Gasteiger partial charge >= 0.3 is 0 Å². The zero-order valence-electron chi connectivity index (χ0n) is 16.7. The van der Waals surface area contributed by atoms with E-state index in [2.05, 4.69) is 15.4 Å². The van der Waals surface area contributed by atoms with E-state index in [1.807, 2.05) is 0 Å². The minimum absolute atomic E-state index is 0.0155. The SMILES string of the molecule is Cc1cc(NC(=O)c2ccco2)sc1C(=O)NCCNS(=O)(=O)c1cccc([N+](=O)[O-])c1. The summed E-state index contributed by atoms with van der Waals surface area (Å²) in [4.78, 5) is 34.7. The van der Waals surface area contributed by atoms with E-state index in [1.54, 1.807) is 19.1 Å². The molecule has 0 bridgehead atoms. The lowest BCUT2D eigenvalue weighted by Gasteiger charge is -2.08. The molecule has 2 amide bonds. The average Bonchev–Trinajstić information content (AvgIpc) is 3.41. The van der Waals surface area contributed by atoms with E-state index in [9.17, 15) is 28.1 Å². The molecular weight excluding hydrogens is 460 g/mol. The van der Waals surface area contributed by atoms with Crippen molar-refractivity contribution in [2.24, 2.45) is 0 Å². The molecular formula is C19H18N4O7S2. The summed E-state index contributed by atoms with van der Waals surface area (Å²) in [5.41, 5.74) is 0.295. The Labute approximate surface area is 186 Å². The van der Waals surface area contributed by atoms with Crippen LogP contribution in [0.3, 0.4) is 0 Å². The molecule has 0 aliphatic heterocycles. The van der Waals surface area contributed by atoms with Crippen LogP contribution in [-0.4, -0.2) is 38.2 Å². The van der Waals surface area contributed by atoms with Crippen LogP contribution in [0.5, 0.6) is 0 Å². The first kappa shape index (κ1) is 23.1. The number of hydrogen-bond acceptors (Lipinski definition) is 8. The minimum atomic E-state index is -3.98. The molecule has 0 saturated heterocycles. The van der Waals surface area contributed by atoms with Gasteiger partial charge in [-0.1, -0.05) is 6.07 Å². The monoisotopic (exact) mass is 478 g/mol. The number of rotatable bonds is 9. The van der Waals surface area contributed by atoms with Crippen molar-refractivity contribution in [2.75, 3.05) is 18.4 Å². The lowest BCUT2D eigenvalue weighted by Crippen LogP contribution is -2.34. The van der Waals surface area contributed by atoms with Crippen LogP contribution >= 0.6 is 11.3 Å². The molecule has 13 heteroatoms. The van der Waals surface area contributed by atoms with Gasteiger partial charge in [-0.3, -0.25) is 19.7 Å². The lowest BCUT2D eigenvalue weighted by molar-refractivity contribution is -0.385. The topological polar surface area (TPSA) is 161 Å². The van der Waals surface area contributed by atoms with E-state index in [0.717, 1.165) is 17.4 Å². The normalized spacial score (nSPS) is 11.2. The first-order valence-corrected chi connectivity index (χ1v) is 11.4. The van der Waals surface area contributed by atoms with Crippen molar-refractivity contribution in [3.8, 4) is 0 Å². The minimum Gasteiger partial charge on any atom is -0.459 e. The Bertz CT molecular complexity index is 1250. The van der Waals surface area contributed by atoms with Crippen LogP contribution in [0.2, 0.25) is 0 Å². The Hall–Kier alpha value is -3.55. The molecule has 11 nitrogen and oxygen atoms in total. The highest BCUT2D eigenvalue weighted by Gasteiger charge is 2.19. The van der Waals surface area contributed by atoms with Crippen molar-refractivity contribution in [1.82, 2.24) is 10.0 Å². The maximum Gasteiger partial charge on any atom is 0.291 e. The molecule has 1 aromatic carbocycles. The lowest BCUT2D eigenvalue weighted by atomic mass is 10.3. The van der Waals surface area contributed by atoms with E-state index in [1.165, 1.54) is 30.5 Å². The average molecular weight is 479 g/mol. The molecule has 32 heavy (non-hydrogen) atoms. The third-order valence-electron chi connectivity index (χ3n) is 4.15. The van der Waals surface area contributed by atoms with E-state index in [0.29, 0.717) is 15.4 Å². The number of nitro groups is 1. The van der Waals surface area contributed by atoms with E-state index >= 15 is 0 Å². The van der Waals surface area contributed by atoms with Crippen molar-refractivity contribution in [2.45, 2.75) is 11.8 Å². The van der Waals surface area contributed by atoms with Crippen LogP contribution in [-0.2, 0) is 10.0 Å². The molecule has 3 aromatic rings. The van der Waals surface area contributed by atoms with Crippen molar-refractivity contribution in [1.29, 1.82) is 0 Å².